The van der Waals surface area contributed by atoms with Crippen LogP contribution in [0.3, 0.4) is 0 Å². The van der Waals surface area contributed by atoms with Crippen LogP contribution in [0.4, 0.5) is 0 Å². The third-order valence-corrected chi connectivity index (χ3v) is 4.83. The highest BCUT2D eigenvalue weighted by Crippen LogP contribution is 2.36. The Kier molecular flexibility index (Phi) is 3.57. The SMILES string of the molecule is O=C(CC1CCCCN1)N1C2CCC1CC(O)C2. The lowest BCUT2D eigenvalue weighted by Crippen LogP contribution is -2.50. The smallest absolute Gasteiger partial charge is 0.224 e. The molecule has 3 heterocycles. The number of piperidine rings is 2. The van der Waals surface area contributed by atoms with Gasteiger partial charge in [-0.3, -0.25) is 4.79 Å². The topological polar surface area (TPSA) is 52.6 Å². The first-order valence-corrected chi connectivity index (χ1v) is 7.46. The highest BCUT2D eigenvalue weighted by Gasteiger charge is 2.42. The molecule has 0 radical (unpaired) electrons. The zero-order valence-electron chi connectivity index (χ0n) is 11.0. The van der Waals surface area contributed by atoms with E-state index in [2.05, 4.69) is 10.2 Å². The van der Waals surface area contributed by atoms with Crippen molar-refractivity contribution in [1.82, 2.24) is 10.2 Å². The summed E-state index contributed by atoms with van der Waals surface area (Å²) in [5, 5.41) is 13.2. The molecule has 0 aromatic carbocycles. The molecule has 4 heteroatoms. The van der Waals surface area contributed by atoms with Gasteiger partial charge >= 0.3 is 0 Å². The lowest BCUT2D eigenvalue weighted by atomic mass is 9.97. The maximum absolute atomic E-state index is 12.4. The van der Waals surface area contributed by atoms with E-state index in [0.29, 0.717) is 30.5 Å². The fourth-order valence-corrected chi connectivity index (χ4v) is 3.97. The Balaban J connectivity index is 1.59. The molecule has 0 aromatic rings. The maximum atomic E-state index is 12.4. The second-order valence-electron chi connectivity index (χ2n) is 6.16. The van der Waals surface area contributed by atoms with Crippen molar-refractivity contribution < 1.29 is 9.90 Å². The Morgan fingerprint density at radius 3 is 2.50 bits per heavy atom. The quantitative estimate of drug-likeness (QED) is 0.772. The molecule has 1 amide bonds. The second-order valence-corrected chi connectivity index (χ2v) is 6.16. The Morgan fingerprint density at radius 2 is 1.89 bits per heavy atom. The molecule has 3 atom stereocenters. The maximum Gasteiger partial charge on any atom is 0.224 e. The minimum absolute atomic E-state index is 0.181. The summed E-state index contributed by atoms with van der Waals surface area (Å²) in [6.45, 7) is 1.06. The van der Waals surface area contributed by atoms with E-state index in [-0.39, 0.29) is 6.10 Å². The largest absolute Gasteiger partial charge is 0.393 e. The summed E-state index contributed by atoms with van der Waals surface area (Å²) in [7, 11) is 0. The standard InChI is InChI=1S/C14H24N2O2/c17-13-8-11-4-5-12(9-13)16(11)14(18)7-10-3-1-2-6-15-10/h10-13,15,17H,1-9H2. The van der Waals surface area contributed by atoms with Gasteiger partial charge in [0.1, 0.15) is 0 Å². The number of hydrogen-bond acceptors (Lipinski definition) is 3. The van der Waals surface area contributed by atoms with Gasteiger partial charge in [0.25, 0.3) is 0 Å². The van der Waals surface area contributed by atoms with E-state index in [1.54, 1.807) is 0 Å². The van der Waals surface area contributed by atoms with E-state index < -0.39 is 0 Å². The summed E-state index contributed by atoms with van der Waals surface area (Å²) in [6, 6.07) is 1.02. The molecule has 0 spiro atoms. The van der Waals surface area contributed by atoms with Gasteiger partial charge in [-0.2, -0.15) is 0 Å². The molecule has 2 bridgehead atoms. The van der Waals surface area contributed by atoms with Crippen LogP contribution in [0, 0.1) is 0 Å². The van der Waals surface area contributed by atoms with Crippen molar-refractivity contribution in [3.8, 4) is 0 Å². The van der Waals surface area contributed by atoms with Gasteiger partial charge in [-0.25, -0.2) is 0 Å². The molecule has 2 N–H and O–H groups in total. The zero-order valence-corrected chi connectivity index (χ0v) is 11.0. The number of nitrogens with one attached hydrogen (secondary N) is 1. The number of amides is 1. The van der Waals surface area contributed by atoms with Gasteiger partial charge in [-0.15, -0.1) is 0 Å². The number of fused-ring (bicyclic) bond motifs is 2. The van der Waals surface area contributed by atoms with Crippen LogP contribution in [0.1, 0.15) is 51.4 Å². The van der Waals surface area contributed by atoms with E-state index in [4.69, 9.17) is 0 Å². The third kappa shape index (κ3) is 2.41. The van der Waals surface area contributed by atoms with Crippen LogP contribution in [0.5, 0.6) is 0 Å². The van der Waals surface area contributed by atoms with Gasteiger partial charge in [-0.05, 0) is 45.1 Å². The van der Waals surface area contributed by atoms with Gasteiger partial charge in [-0.1, -0.05) is 6.42 Å². The normalized spacial score (nSPS) is 39.9. The first kappa shape index (κ1) is 12.4. The summed E-state index contributed by atoms with van der Waals surface area (Å²) in [6.07, 6.45) is 7.86. The average Bonchev–Trinajstić information content (AvgIpc) is 2.63. The summed E-state index contributed by atoms with van der Waals surface area (Å²) in [5.41, 5.74) is 0. The number of aliphatic hydroxyl groups excluding tert-OH is 1. The lowest BCUT2D eigenvalue weighted by molar-refractivity contribution is -0.138. The molecule has 0 saturated carbocycles. The second kappa shape index (κ2) is 5.17. The van der Waals surface area contributed by atoms with Crippen molar-refractivity contribution in [2.75, 3.05) is 6.54 Å². The molecule has 0 aromatic heterocycles. The fraction of sp³-hybridized carbons (Fsp3) is 0.929. The Morgan fingerprint density at radius 1 is 1.17 bits per heavy atom. The molecule has 4 nitrogen and oxygen atoms in total. The van der Waals surface area contributed by atoms with Crippen molar-refractivity contribution in [3.63, 3.8) is 0 Å². The van der Waals surface area contributed by atoms with Crippen molar-refractivity contribution in [3.05, 3.63) is 0 Å². The van der Waals surface area contributed by atoms with Gasteiger partial charge in [0.15, 0.2) is 0 Å². The summed E-state index contributed by atoms with van der Waals surface area (Å²) >= 11 is 0. The zero-order chi connectivity index (χ0) is 12.5. The number of carbonyl (C=O) groups excluding carboxylic acids is 1. The molecule has 0 aliphatic carbocycles. The fourth-order valence-electron chi connectivity index (χ4n) is 3.97. The first-order valence-electron chi connectivity index (χ1n) is 7.46. The lowest BCUT2D eigenvalue weighted by Gasteiger charge is -2.38. The number of hydrogen-bond donors (Lipinski definition) is 2. The van der Waals surface area contributed by atoms with Crippen molar-refractivity contribution >= 4 is 5.91 Å². The predicted molar refractivity (Wildman–Crippen MR) is 69.2 cm³/mol. The first-order chi connectivity index (χ1) is 8.74. The highest BCUT2D eigenvalue weighted by atomic mass is 16.3. The number of carbonyl (C=O) groups is 1. The van der Waals surface area contributed by atoms with Gasteiger partial charge in [0, 0.05) is 24.5 Å². The van der Waals surface area contributed by atoms with Crippen molar-refractivity contribution in [2.24, 2.45) is 0 Å². The minimum Gasteiger partial charge on any atom is -0.393 e. The van der Waals surface area contributed by atoms with E-state index >= 15 is 0 Å². The van der Waals surface area contributed by atoms with E-state index in [1.165, 1.54) is 12.8 Å². The van der Waals surface area contributed by atoms with Crippen molar-refractivity contribution in [1.29, 1.82) is 0 Å². The predicted octanol–water partition coefficient (Wildman–Crippen LogP) is 1.03. The van der Waals surface area contributed by atoms with Crippen LogP contribution in [0.25, 0.3) is 0 Å². The molecule has 3 aliphatic heterocycles. The van der Waals surface area contributed by atoms with E-state index in [0.717, 1.165) is 38.6 Å². The number of rotatable bonds is 2. The summed E-state index contributed by atoms with van der Waals surface area (Å²) in [4.78, 5) is 14.5. The van der Waals surface area contributed by atoms with Gasteiger partial charge in [0.05, 0.1) is 6.10 Å². The van der Waals surface area contributed by atoms with E-state index in [9.17, 15) is 9.90 Å². The van der Waals surface area contributed by atoms with Crippen LogP contribution >= 0.6 is 0 Å². The molecule has 102 valence electrons. The van der Waals surface area contributed by atoms with Crippen LogP contribution in [0.2, 0.25) is 0 Å². The molecule has 3 unspecified atom stereocenters. The Labute approximate surface area is 109 Å². The molecule has 3 fully saturated rings. The van der Waals surface area contributed by atoms with Crippen LogP contribution in [0.15, 0.2) is 0 Å². The minimum atomic E-state index is -0.181. The highest BCUT2D eigenvalue weighted by molar-refractivity contribution is 5.78. The van der Waals surface area contributed by atoms with Crippen LogP contribution in [-0.2, 0) is 4.79 Å². The van der Waals surface area contributed by atoms with Crippen LogP contribution < -0.4 is 5.32 Å². The summed E-state index contributed by atoms with van der Waals surface area (Å²) in [5.74, 6) is 0.314. The number of nitrogens with zero attached hydrogens (tertiary/aromatic N) is 1. The molecule has 3 saturated heterocycles. The monoisotopic (exact) mass is 252 g/mol. The molecular weight excluding hydrogens is 228 g/mol. The Hall–Kier alpha value is -0.610. The molecular formula is C14H24N2O2. The molecule has 3 rings (SSSR count). The Bertz CT molecular complexity index is 301. The third-order valence-electron chi connectivity index (χ3n) is 4.83. The summed E-state index contributed by atoms with van der Waals surface area (Å²) < 4.78 is 0. The number of aliphatic hydroxyl groups is 1. The molecule has 18 heavy (non-hydrogen) atoms. The van der Waals surface area contributed by atoms with Gasteiger partial charge < -0.3 is 15.3 Å². The van der Waals surface area contributed by atoms with Crippen molar-refractivity contribution in [2.45, 2.75) is 75.6 Å². The van der Waals surface area contributed by atoms with Gasteiger partial charge in [0.2, 0.25) is 5.91 Å². The van der Waals surface area contributed by atoms with E-state index in [1.807, 2.05) is 0 Å². The average molecular weight is 252 g/mol. The van der Waals surface area contributed by atoms with Crippen LogP contribution in [-0.4, -0.2) is 46.7 Å². The molecule has 3 aliphatic rings.